The number of nitriles is 1. The van der Waals surface area contributed by atoms with Gasteiger partial charge in [0.2, 0.25) is 0 Å². The Bertz CT molecular complexity index is 375. The van der Waals surface area contributed by atoms with Gasteiger partial charge in [-0.05, 0) is 23.8 Å². The maximum absolute atomic E-state index is 13.8. The lowest BCUT2D eigenvalue weighted by molar-refractivity contribution is 0.241. The molecule has 0 aliphatic heterocycles. The lowest BCUT2D eigenvalue weighted by Gasteiger charge is -2.30. The second-order valence-electron chi connectivity index (χ2n) is 5.70. The SMILES string of the molecule is CCCCC[C@@H](C)[C@H](CC)C1C=CC(C#N)=C(F)C1. The van der Waals surface area contributed by atoms with E-state index in [4.69, 9.17) is 5.26 Å². The zero-order chi connectivity index (χ0) is 14.3. The minimum atomic E-state index is -0.228. The van der Waals surface area contributed by atoms with Gasteiger partial charge in [-0.15, -0.1) is 0 Å². The molecule has 1 unspecified atom stereocenters. The number of hydrogen-bond acceptors (Lipinski definition) is 1. The minimum Gasteiger partial charge on any atom is -0.210 e. The fourth-order valence-electron chi connectivity index (χ4n) is 3.14. The van der Waals surface area contributed by atoms with E-state index < -0.39 is 0 Å². The Hall–Kier alpha value is -1.10. The summed E-state index contributed by atoms with van der Waals surface area (Å²) in [5.74, 6) is 1.19. The van der Waals surface area contributed by atoms with Crippen LogP contribution < -0.4 is 0 Å². The molecule has 0 radical (unpaired) electrons. The predicted molar refractivity (Wildman–Crippen MR) is 78.1 cm³/mol. The standard InChI is InChI=1S/C17H26FN/c1-4-6-7-8-13(3)16(5-2)14-9-10-15(12-19)17(18)11-14/h9-10,13-14,16H,4-8,11H2,1-3H3/t13-,14?,16+/m1/s1. The molecule has 0 heterocycles. The topological polar surface area (TPSA) is 23.8 Å². The van der Waals surface area contributed by atoms with Crippen molar-refractivity contribution in [2.24, 2.45) is 17.8 Å². The summed E-state index contributed by atoms with van der Waals surface area (Å²) in [6, 6.07) is 1.92. The second kappa shape index (κ2) is 8.15. The van der Waals surface area contributed by atoms with E-state index in [0.717, 1.165) is 6.42 Å². The van der Waals surface area contributed by atoms with Gasteiger partial charge in [-0.2, -0.15) is 5.26 Å². The number of halogens is 1. The Labute approximate surface area is 117 Å². The summed E-state index contributed by atoms with van der Waals surface area (Å²) in [6.07, 6.45) is 10.2. The molecule has 0 spiro atoms. The largest absolute Gasteiger partial charge is 0.210 e. The van der Waals surface area contributed by atoms with E-state index in [2.05, 4.69) is 20.8 Å². The highest BCUT2D eigenvalue weighted by atomic mass is 19.1. The summed E-state index contributed by atoms with van der Waals surface area (Å²) in [4.78, 5) is 0. The quantitative estimate of drug-likeness (QED) is 0.552. The molecule has 0 aromatic heterocycles. The van der Waals surface area contributed by atoms with Gasteiger partial charge in [0, 0.05) is 6.42 Å². The van der Waals surface area contributed by atoms with Crippen molar-refractivity contribution in [1.29, 1.82) is 5.26 Å². The third-order valence-electron chi connectivity index (χ3n) is 4.35. The van der Waals surface area contributed by atoms with Crippen LogP contribution in [-0.2, 0) is 0 Å². The maximum atomic E-state index is 13.8. The van der Waals surface area contributed by atoms with Crippen molar-refractivity contribution in [3.8, 4) is 6.07 Å². The highest BCUT2D eigenvalue weighted by molar-refractivity contribution is 5.38. The molecule has 0 aromatic rings. The maximum Gasteiger partial charge on any atom is 0.118 e. The Morgan fingerprint density at radius 1 is 1.42 bits per heavy atom. The Balaban J connectivity index is 2.60. The number of rotatable bonds is 7. The summed E-state index contributed by atoms with van der Waals surface area (Å²) in [7, 11) is 0. The van der Waals surface area contributed by atoms with Crippen molar-refractivity contribution < 1.29 is 4.39 Å². The Morgan fingerprint density at radius 2 is 2.16 bits per heavy atom. The van der Waals surface area contributed by atoms with Crippen LogP contribution in [0.25, 0.3) is 0 Å². The first-order chi connectivity index (χ1) is 9.13. The van der Waals surface area contributed by atoms with Gasteiger partial charge >= 0.3 is 0 Å². The fourth-order valence-corrected chi connectivity index (χ4v) is 3.14. The molecule has 0 N–H and O–H groups in total. The highest BCUT2D eigenvalue weighted by Crippen LogP contribution is 2.36. The number of allylic oxidation sites excluding steroid dienone is 4. The van der Waals surface area contributed by atoms with Gasteiger partial charge in [0.05, 0.1) is 5.57 Å². The monoisotopic (exact) mass is 263 g/mol. The third-order valence-corrected chi connectivity index (χ3v) is 4.35. The molecule has 1 nitrogen and oxygen atoms in total. The Kier molecular flexibility index (Phi) is 6.84. The van der Waals surface area contributed by atoms with E-state index >= 15 is 0 Å². The van der Waals surface area contributed by atoms with Gasteiger partial charge in [0.15, 0.2) is 0 Å². The molecule has 106 valence electrons. The van der Waals surface area contributed by atoms with Crippen LogP contribution in [0.4, 0.5) is 4.39 Å². The van der Waals surface area contributed by atoms with E-state index in [1.54, 1.807) is 6.08 Å². The molecular formula is C17H26FN. The Morgan fingerprint density at radius 3 is 2.68 bits per heavy atom. The van der Waals surface area contributed by atoms with E-state index in [-0.39, 0.29) is 17.3 Å². The van der Waals surface area contributed by atoms with Crippen molar-refractivity contribution in [2.75, 3.05) is 0 Å². The number of nitrogens with zero attached hydrogens (tertiary/aromatic N) is 1. The van der Waals surface area contributed by atoms with E-state index in [0.29, 0.717) is 18.3 Å². The first-order valence-corrected chi connectivity index (χ1v) is 7.60. The molecule has 0 bridgehead atoms. The molecule has 19 heavy (non-hydrogen) atoms. The van der Waals surface area contributed by atoms with E-state index in [1.807, 2.05) is 12.1 Å². The number of hydrogen-bond donors (Lipinski definition) is 0. The summed E-state index contributed by atoms with van der Waals surface area (Å²) in [5.41, 5.74) is 0.213. The van der Waals surface area contributed by atoms with Crippen molar-refractivity contribution in [3.63, 3.8) is 0 Å². The molecule has 0 amide bonds. The first-order valence-electron chi connectivity index (χ1n) is 7.60. The van der Waals surface area contributed by atoms with Crippen molar-refractivity contribution in [3.05, 3.63) is 23.6 Å². The van der Waals surface area contributed by atoms with Gasteiger partial charge in [-0.1, -0.05) is 59.0 Å². The normalized spacial score (nSPS) is 22.2. The molecule has 0 aromatic carbocycles. The lowest BCUT2D eigenvalue weighted by atomic mass is 9.75. The predicted octanol–water partition coefficient (Wildman–Crippen LogP) is 5.55. The molecule has 1 aliphatic rings. The molecule has 0 saturated heterocycles. The van der Waals surface area contributed by atoms with Crippen LogP contribution in [0.3, 0.4) is 0 Å². The van der Waals surface area contributed by atoms with Crippen LogP contribution in [0.1, 0.15) is 59.3 Å². The zero-order valence-electron chi connectivity index (χ0n) is 12.5. The van der Waals surface area contributed by atoms with Crippen LogP contribution in [0.5, 0.6) is 0 Å². The smallest absolute Gasteiger partial charge is 0.118 e. The summed E-state index contributed by atoms with van der Waals surface area (Å²) < 4.78 is 13.8. The van der Waals surface area contributed by atoms with E-state index in [1.165, 1.54) is 25.7 Å². The summed E-state index contributed by atoms with van der Waals surface area (Å²) in [6.45, 7) is 6.70. The van der Waals surface area contributed by atoms with Crippen LogP contribution in [0.15, 0.2) is 23.6 Å². The van der Waals surface area contributed by atoms with Crippen molar-refractivity contribution in [2.45, 2.75) is 59.3 Å². The minimum absolute atomic E-state index is 0.213. The molecular weight excluding hydrogens is 237 g/mol. The molecule has 0 fully saturated rings. The van der Waals surface area contributed by atoms with Gasteiger partial charge in [-0.3, -0.25) is 0 Å². The fraction of sp³-hybridized carbons (Fsp3) is 0.706. The second-order valence-corrected chi connectivity index (χ2v) is 5.70. The number of unbranched alkanes of at least 4 members (excludes halogenated alkanes) is 2. The van der Waals surface area contributed by atoms with Gasteiger partial charge in [0.25, 0.3) is 0 Å². The van der Waals surface area contributed by atoms with Crippen LogP contribution in [0, 0.1) is 29.1 Å². The molecule has 3 atom stereocenters. The van der Waals surface area contributed by atoms with Gasteiger partial charge in [0.1, 0.15) is 11.9 Å². The molecule has 0 saturated carbocycles. The lowest BCUT2D eigenvalue weighted by Crippen LogP contribution is -2.22. The summed E-state index contributed by atoms with van der Waals surface area (Å²) in [5, 5.41) is 8.80. The van der Waals surface area contributed by atoms with Crippen molar-refractivity contribution in [1.82, 2.24) is 0 Å². The van der Waals surface area contributed by atoms with E-state index in [9.17, 15) is 4.39 Å². The van der Waals surface area contributed by atoms with Crippen LogP contribution in [0.2, 0.25) is 0 Å². The van der Waals surface area contributed by atoms with Gasteiger partial charge < -0.3 is 0 Å². The van der Waals surface area contributed by atoms with Crippen LogP contribution >= 0.6 is 0 Å². The first kappa shape index (κ1) is 16.0. The molecule has 1 aliphatic carbocycles. The molecule has 1 rings (SSSR count). The highest BCUT2D eigenvalue weighted by Gasteiger charge is 2.27. The summed E-state index contributed by atoms with van der Waals surface area (Å²) >= 11 is 0. The average molecular weight is 263 g/mol. The van der Waals surface area contributed by atoms with Crippen LogP contribution in [-0.4, -0.2) is 0 Å². The zero-order valence-corrected chi connectivity index (χ0v) is 12.5. The molecule has 2 heteroatoms. The third kappa shape index (κ3) is 4.49. The average Bonchev–Trinajstić information content (AvgIpc) is 2.40. The van der Waals surface area contributed by atoms with Crippen molar-refractivity contribution >= 4 is 0 Å². The van der Waals surface area contributed by atoms with Gasteiger partial charge in [-0.25, -0.2) is 4.39 Å².